The number of esters is 1. The maximum absolute atomic E-state index is 11.4. The van der Waals surface area contributed by atoms with Crippen molar-refractivity contribution in [1.29, 1.82) is 0 Å². The van der Waals surface area contributed by atoms with Crippen LogP contribution in [0.2, 0.25) is 0 Å². The number of carbonyl (C=O) groups is 1. The second kappa shape index (κ2) is 7.34. The number of thiol groups is 1. The maximum Gasteiger partial charge on any atom is 0.311 e. The van der Waals surface area contributed by atoms with Crippen LogP contribution in [-0.2, 0) is 10.5 Å². The van der Waals surface area contributed by atoms with E-state index in [-0.39, 0.29) is 5.97 Å². The van der Waals surface area contributed by atoms with Gasteiger partial charge >= 0.3 is 5.97 Å². The van der Waals surface area contributed by atoms with Gasteiger partial charge in [0.05, 0.1) is 0 Å². The molecular formula is C13H18O2S. The van der Waals surface area contributed by atoms with E-state index >= 15 is 0 Å². The molecule has 0 aromatic heterocycles. The van der Waals surface area contributed by atoms with Crippen molar-refractivity contribution in [3.05, 3.63) is 29.8 Å². The summed E-state index contributed by atoms with van der Waals surface area (Å²) >= 11 is 4.16. The lowest BCUT2D eigenvalue weighted by molar-refractivity contribution is -0.134. The molecule has 0 N–H and O–H groups in total. The number of rotatable bonds is 6. The van der Waals surface area contributed by atoms with Crippen molar-refractivity contribution in [1.82, 2.24) is 0 Å². The molecule has 0 fully saturated rings. The largest absolute Gasteiger partial charge is 0.427 e. The lowest BCUT2D eigenvalue weighted by Gasteiger charge is -2.04. The van der Waals surface area contributed by atoms with Gasteiger partial charge in [-0.25, -0.2) is 0 Å². The smallest absolute Gasteiger partial charge is 0.311 e. The van der Waals surface area contributed by atoms with Crippen molar-refractivity contribution in [2.24, 2.45) is 0 Å². The van der Waals surface area contributed by atoms with Gasteiger partial charge in [0.1, 0.15) is 5.75 Å². The van der Waals surface area contributed by atoms with Gasteiger partial charge in [-0.2, -0.15) is 12.6 Å². The van der Waals surface area contributed by atoms with Crippen LogP contribution in [0.1, 0.15) is 38.2 Å². The second-order valence-corrected chi connectivity index (χ2v) is 4.05. The van der Waals surface area contributed by atoms with Gasteiger partial charge in [0, 0.05) is 12.2 Å². The third-order valence-corrected chi connectivity index (χ3v) is 2.69. The minimum absolute atomic E-state index is 0.146. The van der Waals surface area contributed by atoms with Crippen LogP contribution >= 0.6 is 12.6 Å². The summed E-state index contributed by atoms with van der Waals surface area (Å²) in [6, 6.07) is 7.45. The van der Waals surface area contributed by atoms with E-state index in [1.807, 2.05) is 24.3 Å². The summed E-state index contributed by atoms with van der Waals surface area (Å²) in [5.41, 5.74) is 1.12. The third-order valence-electron chi connectivity index (χ3n) is 2.32. The monoisotopic (exact) mass is 238 g/mol. The van der Waals surface area contributed by atoms with E-state index in [9.17, 15) is 4.79 Å². The second-order valence-electron chi connectivity index (χ2n) is 3.73. The van der Waals surface area contributed by atoms with E-state index in [1.165, 1.54) is 0 Å². The maximum atomic E-state index is 11.4. The van der Waals surface area contributed by atoms with Crippen LogP contribution in [0, 0.1) is 0 Å². The molecule has 0 aliphatic carbocycles. The Labute approximate surface area is 102 Å². The SMILES string of the molecule is CCCCCC(=O)Oc1ccc(CS)cc1. The zero-order valence-corrected chi connectivity index (χ0v) is 10.5. The fourth-order valence-electron chi connectivity index (χ4n) is 1.36. The molecule has 0 aliphatic rings. The highest BCUT2D eigenvalue weighted by atomic mass is 32.1. The average molecular weight is 238 g/mol. The summed E-state index contributed by atoms with van der Waals surface area (Å²) in [5, 5.41) is 0. The Morgan fingerprint density at radius 3 is 2.50 bits per heavy atom. The summed E-state index contributed by atoms with van der Waals surface area (Å²) in [4.78, 5) is 11.4. The Kier molecular flexibility index (Phi) is 6.01. The number of benzene rings is 1. The van der Waals surface area contributed by atoms with Crippen molar-refractivity contribution >= 4 is 18.6 Å². The zero-order chi connectivity index (χ0) is 11.8. The van der Waals surface area contributed by atoms with E-state index in [1.54, 1.807) is 0 Å². The standard InChI is InChI=1S/C13H18O2S/c1-2-3-4-5-13(14)15-12-8-6-11(10-16)7-9-12/h6-9,16H,2-5,10H2,1H3. The average Bonchev–Trinajstić information content (AvgIpc) is 2.30. The topological polar surface area (TPSA) is 26.3 Å². The van der Waals surface area contributed by atoms with E-state index < -0.39 is 0 Å². The summed E-state index contributed by atoms with van der Waals surface area (Å²) in [5.74, 6) is 1.17. The molecule has 0 unspecified atom stereocenters. The van der Waals surface area contributed by atoms with Gasteiger partial charge in [0.15, 0.2) is 0 Å². The minimum atomic E-state index is -0.146. The lowest BCUT2D eigenvalue weighted by Crippen LogP contribution is -2.07. The molecule has 2 nitrogen and oxygen atoms in total. The fourth-order valence-corrected chi connectivity index (χ4v) is 1.58. The third kappa shape index (κ3) is 4.71. The number of hydrogen-bond acceptors (Lipinski definition) is 3. The van der Waals surface area contributed by atoms with Gasteiger partial charge in [0.25, 0.3) is 0 Å². The molecule has 0 saturated heterocycles. The number of ether oxygens (including phenoxy) is 1. The van der Waals surface area contributed by atoms with Crippen LogP contribution in [0.3, 0.4) is 0 Å². The van der Waals surface area contributed by atoms with Crippen LogP contribution in [0.15, 0.2) is 24.3 Å². The number of unbranched alkanes of at least 4 members (excludes halogenated alkanes) is 2. The van der Waals surface area contributed by atoms with Crippen molar-refractivity contribution in [2.75, 3.05) is 0 Å². The summed E-state index contributed by atoms with van der Waals surface area (Å²) in [6.45, 7) is 2.11. The predicted molar refractivity (Wildman–Crippen MR) is 68.9 cm³/mol. The molecule has 16 heavy (non-hydrogen) atoms. The fraction of sp³-hybridized carbons (Fsp3) is 0.462. The van der Waals surface area contributed by atoms with Crippen LogP contribution < -0.4 is 4.74 Å². The van der Waals surface area contributed by atoms with Crippen LogP contribution in [-0.4, -0.2) is 5.97 Å². The molecule has 0 spiro atoms. The molecular weight excluding hydrogens is 220 g/mol. The molecule has 0 atom stereocenters. The minimum Gasteiger partial charge on any atom is -0.427 e. The van der Waals surface area contributed by atoms with Crippen LogP contribution in [0.5, 0.6) is 5.75 Å². The summed E-state index contributed by atoms with van der Waals surface area (Å²) in [7, 11) is 0. The Morgan fingerprint density at radius 2 is 1.94 bits per heavy atom. The number of carbonyl (C=O) groups excluding carboxylic acids is 1. The predicted octanol–water partition coefficient (Wildman–Crippen LogP) is 3.60. The molecule has 0 aliphatic heterocycles. The van der Waals surface area contributed by atoms with Gasteiger partial charge in [0.2, 0.25) is 0 Å². The van der Waals surface area contributed by atoms with Crippen molar-refractivity contribution in [3.8, 4) is 5.75 Å². The van der Waals surface area contributed by atoms with Gasteiger partial charge in [-0.05, 0) is 24.1 Å². The first-order valence-corrected chi connectivity index (χ1v) is 6.30. The van der Waals surface area contributed by atoms with Crippen LogP contribution in [0.4, 0.5) is 0 Å². The summed E-state index contributed by atoms with van der Waals surface area (Å²) in [6.07, 6.45) is 3.60. The van der Waals surface area contributed by atoms with E-state index in [2.05, 4.69) is 19.6 Å². The molecule has 0 saturated carbocycles. The highest BCUT2D eigenvalue weighted by molar-refractivity contribution is 7.79. The van der Waals surface area contributed by atoms with Gasteiger partial charge in [-0.3, -0.25) is 4.79 Å². The number of hydrogen-bond donors (Lipinski definition) is 1. The molecule has 3 heteroatoms. The Bertz CT molecular complexity index is 319. The van der Waals surface area contributed by atoms with Crippen molar-refractivity contribution in [3.63, 3.8) is 0 Å². The molecule has 0 heterocycles. The molecule has 88 valence electrons. The Balaban J connectivity index is 2.37. The Morgan fingerprint density at radius 1 is 1.25 bits per heavy atom. The van der Waals surface area contributed by atoms with Gasteiger partial charge < -0.3 is 4.74 Å². The highest BCUT2D eigenvalue weighted by Gasteiger charge is 2.03. The molecule has 1 rings (SSSR count). The van der Waals surface area contributed by atoms with Gasteiger partial charge in [-0.15, -0.1) is 0 Å². The lowest BCUT2D eigenvalue weighted by atomic mass is 10.2. The van der Waals surface area contributed by atoms with Gasteiger partial charge in [-0.1, -0.05) is 31.9 Å². The van der Waals surface area contributed by atoms with E-state index in [0.717, 1.165) is 24.8 Å². The molecule has 1 aromatic rings. The first-order valence-electron chi connectivity index (χ1n) is 5.66. The molecule has 0 bridgehead atoms. The summed E-state index contributed by atoms with van der Waals surface area (Å²) < 4.78 is 5.20. The van der Waals surface area contributed by atoms with E-state index in [4.69, 9.17) is 4.74 Å². The van der Waals surface area contributed by atoms with Crippen molar-refractivity contribution < 1.29 is 9.53 Å². The highest BCUT2D eigenvalue weighted by Crippen LogP contribution is 2.14. The quantitative estimate of drug-likeness (QED) is 0.355. The zero-order valence-electron chi connectivity index (χ0n) is 9.61. The van der Waals surface area contributed by atoms with Crippen molar-refractivity contribution in [2.45, 2.75) is 38.4 Å². The van der Waals surface area contributed by atoms with E-state index in [0.29, 0.717) is 17.9 Å². The first kappa shape index (κ1) is 13.1. The first-order chi connectivity index (χ1) is 7.76. The molecule has 1 aromatic carbocycles. The van der Waals surface area contributed by atoms with Crippen LogP contribution in [0.25, 0.3) is 0 Å². The molecule has 0 radical (unpaired) electrons. The molecule has 0 amide bonds. The normalized spacial score (nSPS) is 10.1. The Hall–Kier alpha value is -0.960.